The van der Waals surface area contributed by atoms with Crippen molar-refractivity contribution >= 4 is 5.91 Å². The molecule has 4 nitrogen and oxygen atoms in total. The fraction of sp³-hybridized carbons (Fsp3) is 0.227. The predicted molar refractivity (Wildman–Crippen MR) is 103 cm³/mol. The van der Waals surface area contributed by atoms with E-state index in [0.29, 0.717) is 0 Å². The zero-order valence-corrected chi connectivity index (χ0v) is 15.0. The summed E-state index contributed by atoms with van der Waals surface area (Å²) >= 11 is 0. The van der Waals surface area contributed by atoms with Gasteiger partial charge in [-0.2, -0.15) is 0 Å². The molecule has 132 valence electrons. The van der Waals surface area contributed by atoms with Crippen LogP contribution in [0.5, 0.6) is 0 Å². The van der Waals surface area contributed by atoms with Crippen molar-refractivity contribution in [2.75, 3.05) is 26.7 Å². The molecule has 2 aromatic carbocycles. The summed E-state index contributed by atoms with van der Waals surface area (Å²) in [4.78, 5) is 17.3. The highest BCUT2D eigenvalue weighted by Crippen LogP contribution is 2.25. The molecule has 2 heterocycles. The standard InChI is InChI=1S/C22H23N3O/c1-23-15-16-25(17-21(23)18-7-3-2-4-8-18)22(26)19-9-11-20(12-10-19)24-13-5-6-14-24/h2-14,21H,15-17H2,1H3. The number of piperazine rings is 1. The van der Waals surface area contributed by atoms with Gasteiger partial charge in [-0.05, 0) is 49.0 Å². The largest absolute Gasteiger partial charge is 0.335 e. The molecule has 1 amide bonds. The minimum absolute atomic E-state index is 0.109. The highest BCUT2D eigenvalue weighted by atomic mass is 16.2. The third kappa shape index (κ3) is 3.28. The maximum atomic E-state index is 13.0. The van der Waals surface area contributed by atoms with E-state index in [9.17, 15) is 4.79 Å². The molecule has 0 N–H and O–H groups in total. The van der Waals surface area contributed by atoms with Gasteiger partial charge in [0, 0.05) is 43.3 Å². The third-order valence-corrected chi connectivity index (χ3v) is 5.14. The van der Waals surface area contributed by atoms with E-state index < -0.39 is 0 Å². The first-order valence-corrected chi connectivity index (χ1v) is 9.00. The second-order valence-corrected chi connectivity index (χ2v) is 6.80. The Kier molecular flexibility index (Phi) is 4.59. The highest BCUT2D eigenvalue weighted by Gasteiger charge is 2.28. The Balaban J connectivity index is 1.51. The normalized spacial score (nSPS) is 18.0. The van der Waals surface area contributed by atoms with Crippen LogP contribution in [0.4, 0.5) is 0 Å². The van der Waals surface area contributed by atoms with Gasteiger partial charge >= 0.3 is 0 Å². The van der Waals surface area contributed by atoms with Gasteiger partial charge in [0.2, 0.25) is 0 Å². The van der Waals surface area contributed by atoms with Crippen LogP contribution < -0.4 is 0 Å². The lowest BCUT2D eigenvalue weighted by Gasteiger charge is -2.39. The number of hydrogen-bond acceptors (Lipinski definition) is 2. The van der Waals surface area contributed by atoms with E-state index in [1.165, 1.54) is 5.56 Å². The first kappa shape index (κ1) is 16.6. The molecule has 1 atom stereocenters. The fourth-order valence-corrected chi connectivity index (χ4v) is 3.56. The Bertz CT molecular complexity index is 856. The maximum absolute atomic E-state index is 13.0. The number of hydrogen-bond donors (Lipinski definition) is 0. The minimum atomic E-state index is 0.109. The molecule has 0 saturated carbocycles. The van der Waals surface area contributed by atoms with E-state index in [-0.39, 0.29) is 11.9 Å². The van der Waals surface area contributed by atoms with E-state index in [4.69, 9.17) is 0 Å². The number of rotatable bonds is 3. The fourth-order valence-electron chi connectivity index (χ4n) is 3.56. The molecule has 1 saturated heterocycles. The SMILES string of the molecule is CN1CCN(C(=O)c2ccc(-n3cccc3)cc2)CC1c1ccccc1. The summed E-state index contributed by atoms with van der Waals surface area (Å²) in [5.41, 5.74) is 3.07. The Labute approximate surface area is 154 Å². The van der Waals surface area contributed by atoms with E-state index >= 15 is 0 Å². The average Bonchev–Trinajstić information content (AvgIpc) is 3.23. The van der Waals surface area contributed by atoms with Crippen LogP contribution in [0.1, 0.15) is 22.0 Å². The summed E-state index contributed by atoms with van der Waals surface area (Å²) in [6.07, 6.45) is 4.00. The van der Waals surface area contributed by atoms with Crippen LogP contribution >= 0.6 is 0 Å². The molecule has 3 aromatic rings. The summed E-state index contributed by atoms with van der Waals surface area (Å²) in [6, 6.07) is 22.5. The van der Waals surface area contributed by atoms with Crippen molar-refractivity contribution in [3.8, 4) is 5.69 Å². The van der Waals surface area contributed by atoms with Crippen molar-refractivity contribution in [1.29, 1.82) is 0 Å². The summed E-state index contributed by atoms with van der Waals surface area (Å²) < 4.78 is 2.04. The molecule has 1 fully saturated rings. The maximum Gasteiger partial charge on any atom is 0.253 e. The van der Waals surface area contributed by atoms with Crippen molar-refractivity contribution in [2.45, 2.75) is 6.04 Å². The van der Waals surface area contributed by atoms with E-state index in [1.54, 1.807) is 0 Å². The van der Waals surface area contributed by atoms with Gasteiger partial charge < -0.3 is 9.47 Å². The first-order chi connectivity index (χ1) is 12.7. The van der Waals surface area contributed by atoms with Gasteiger partial charge in [-0.1, -0.05) is 30.3 Å². The molecule has 4 heteroatoms. The van der Waals surface area contributed by atoms with Crippen molar-refractivity contribution < 1.29 is 4.79 Å². The molecule has 0 radical (unpaired) electrons. The summed E-state index contributed by atoms with van der Waals surface area (Å²) in [7, 11) is 2.13. The van der Waals surface area contributed by atoms with E-state index in [1.807, 2.05) is 64.3 Å². The van der Waals surface area contributed by atoms with Gasteiger partial charge in [0.1, 0.15) is 0 Å². The number of likely N-dealkylation sites (N-methyl/N-ethyl adjacent to an activating group) is 1. The van der Waals surface area contributed by atoms with Crippen LogP contribution in [0, 0.1) is 0 Å². The van der Waals surface area contributed by atoms with E-state index in [0.717, 1.165) is 30.9 Å². The summed E-state index contributed by atoms with van der Waals surface area (Å²) in [5, 5.41) is 0. The van der Waals surface area contributed by atoms with Gasteiger partial charge in [0.05, 0.1) is 6.04 Å². The second-order valence-electron chi connectivity index (χ2n) is 6.80. The zero-order chi connectivity index (χ0) is 17.9. The molecule has 26 heavy (non-hydrogen) atoms. The zero-order valence-electron chi connectivity index (χ0n) is 15.0. The second kappa shape index (κ2) is 7.18. The van der Waals surface area contributed by atoms with Crippen LogP contribution in [-0.2, 0) is 0 Å². The van der Waals surface area contributed by atoms with Crippen molar-refractivity contribution in [1.82, 2.24) is 14.4 Å². The minimum Gasteiger partial charge on any atom is -0.335 e. The van der Waals surface area contributed by atoms with Crippen molar-refractivity contribution in [2.24, 2.45) is 0 Å². The van der Waals surface area contributed by atoms with Crippen LogP contribution in [-0.4, -0.2) is 47.0 Å². The number of carbonyl (C=O) groups excluding carboxylic acids is 1. The first-order valence-electron chi connectivity index (χ1n) is 9.00. The Hall–Kier alpha value is -2.85. The Morgan fingerprint density at radius 1 is 0.885 bits per heavy atom. The molecular formula is C22H23N3O. The van der Waals surface area contributed by atoms with Gasteiger partial charge in [0.15, 0.2) is 0 Å². The molecule has 0 bridgehead atoms. The molecule has 1 aliphatic rings. The molecular weight excluding hydrogens is 322 g/mol. The third-order valence-electron chi connectivity index (χ3n) is 5.14. The van der Waals surface area contributed by atoms with Crippen LogP contribution in [0.2, 0.25) is 0 Å². The smallest absolute Gasteiger partial charge is 0.253 e. The number of amides is 1. The number of aromatic nitrogens is 1. The van der Waals surface area contributed by atoms with Gasteiger partial charge in [-0.3, -0.25) is 9.69 Å². The Morgan fingerprint density at radius 2 is 1.58 bits per heavy atom. The van der Waals surface area contributed by atoms with Gasteiger partial charge in [0.25, 0.3) is 5.91 Å². The van der Waals surface area contributed by atoms with Gasteiger partial charge in [-0.25, -0.2) is 0 Å². The number of nitrogens with zero attached hydrogens (tertiary/aromatic N) is 3. The summed E-state index contributed by atoms with van der Waals surface area (Å²) in [5.74, 6) is 0.109. The molecule has 1 aromatic heterocycles. The number of benzene rings is 2. The molecule has 4 rings (SSSR count). The van der Waals surface area contributed by atoms with Crippen molar-refractivity contribution in [3.63, 3.8) is 0 Å². The quantitative estimate of drug-likeness (QED) is 0.725. The molecule has 0 aliphatic carbocycles. The lowest BCUT2D eigenvalue weighted by Crippen LogP contribution is -2.49. The highest BCUT2D eigenvalue weighted by molar-refractivity contribution is 5.94. The Morgan fingerprint density at radius 3 is 2.27 bits per heavy atom. The summed E-state index contributed by atoms with van der Waals surface area (Å²) in [6.45, 7) is 2.36. The molecule has 1 aliphatic heterocycles. The molecule has 0 spiro atoms. The lowest BCUT2D eigenvalue weighted by molar-refractivity contribution is 0.0546. The van der Waals surface area contributed by atoms with Crippen LogP contribution in [0.25, 0.3) is 5.69 Å². The predicted octanol–water partition coefficient (Wildman–Crippen LogP) is 3.61. The lowest BCUT2D eigenvalue weighted by atomic mass is 10.0. The topological polar surface area (TPSA) is 28.5 Å². The van der Waals surface area contributed by atoms with Crippen LogP contribution in [0.3, 0.4) is 0 Å². The van der Waals surface area contributed by atoms with E-state index in [2.05, 4.69) is 36.2 Å². The van der Waals surface area contributed by atoms with Gasteiger partial charge in [-0.15, -0.1) is 0 Å². The number of carbonyl (C=O) groups is 1. The molecule has 1 unspecified atom stereocenters. The van der Waals surface area contributed by atoms with Crippen LogP contribution in [0.15, 0.2) is 79.1 Å². The van der Waals surface area contributed by atoms with Crippen molar-refractivity contribution in [3.05, 3.63) is 90.3 Å². The average molecular weight is 345 g/mol. The monoisotopic (exact) mass is 345 g/mol.